The Hall–Kier alpha value is -2.16. The molecule has 1 saturated heterocycles. The van der Waals surface area contributed by atoms with E-state index in [1.807, 2.05) is 18.2 Å². The lowest BCUT2D eigenvalue weighted by Crippen LogP contribution is -2.36. The van der Waals surface area contributed by atoms with Crippen molar-refractivity contribution in [3.63, 3.8) is 0 Å². The van der Waals surface area contributed by atoms with E-state index in [0.29, 0.717) is 19.0 Å². The number of hydrogen-bond donors (Lipinski definition) is 0. The quantitative estimate of drug-likeness (QED) is 0.780. The monoisotopic (exact) mass is 406 g/mol. The van der Waals surface area contributed by atoms with Gasteiger partial charge in [-0.1, -0.05) is 18.2 Å². The lowest BCUT2D eigenvalue weighted by atomic mass is 10.1. The minimum atomic E-state index is -3.68. The molecule has 0 aliphatic carbocycles. The molecule has 8 heteroatoms. The summed E-state index contributed by atoms with van der Waals surface area (Å²) in [5.41, 5.74) is 2.02. The van der Waals surface area contributed by atoms with Gasteiger partial charge in [-0.15, -0.1) is 0 Å². The van der Waals surface area contributed by atoms with Crippen LogP contribution in [0.4, 0.5) is 10.1 Å². The van der Waals surface area contributed by atoms with E-state index >= 15 is 0 Å². The van der Waals surface area contributed by atoms with Crippen LogP contribution >= 0.6 is 0 Å². The Bertz CT molecular complexity index is 945. The SMILES string of the molecule is O=S(=O)(Cc1ccccc1F)N1CCOc2ccc(N3CCOCC3)cc2C1. The highest BCUT2D eigenvalue weighted by Crippen LogP contribution is 2.30. The molecule has 1 fully saturated rings. The number of nitrogens with zero attached hydrogens (tertiary/aromatic N) is 2. The van der Waals surface area contributed by atoms with E-state index in [1.54, 1.807) is 12.1 Å². The first-order valence-electron chi connectivity index (χ1n) is 9.32. The summed E-state index contributed by atoms with van der Waals surface area (Å²) in [5, 5.41) is 0. The molecule has 0 aromatic heterocycles. The summed E-state index contributed by atoms with van der Waals surface area (Å²) in [7, 11) is -3.68. The third kappa shape index (κ3) is 4.14. The molecule has 28 heavy (non-hydrogen) atoms. The van der Waals surface area contributed by atoms with Crippen LogP contribution in [-0.2, 0) is 27.1 Å². The van der Waals surface area contributed by atoms with Crippen molar-refractivity contribution in [1.29, 1.82) is 0 Å². The van der Waals surface area contributed by atoms with Crippen molar-refractivity contribution in [2.24, 2.45) is 0 Å². The van der Waals surface area contributed by atoms with Gasteiger partial charge < -0.3 is 14.4 Å². The number of halogens is 1. The summed E-state index contributed by atoms with van der Waals surface area (Å²) in [4.78, 5) is 2.22. The van der Waals surface area contributed by atoms with Gasteiger partial charge in [-0.25, -0.2) is 12.8 Å². The van der Waals surface area contributed by atoms with Gasteiger partial charge in [0.25, 0.3) is 0 Å². The largest absolute Gasteiger partial charge is 0.492 e. The van der Waals surface area contributed by atoms with Crippen molar-refractivity contribution in [3.05, 3.63) is 59.4 Å². The van der Waals surface area contributed by atoms with Crippen LogP contribution < -0.4 is 9.64 Å². The highest BCUT2D eigenvalue weighted by molar-refractivity contribution is 7.88. The molecule has 0 saturated carbocycles. The zero-order chi connectivity index (χ0) is 19.6. The topological polar surface area (TPSA) is 59.1 Å². The van der Waals surface area contributed by atoms with E-state index in [0.717, 1.165) is 24.3 Å². The molecule has 6 nitrogen and oxygen atoms in total. The van der Waals surface area contributed by atoms with Crippen LogP contribution in [-0.4, -0.2) is 52.2 Å². The van der Waals surface area contributed by atoms with Gasteiger partial charge >= 0.3 is 0 Å². The molecule has 2 heterocycles. The Kier molecular flexibility index (Phi) is 5.52. The van der Waals surface area contributed by atoms with E-state index < -0.39 is 15.8 Å². The average Bonchev–Trinajstić information content (AvgIpc) is 2.93. The summed E-state index contributed by atoms with van der Waals surface area (Å²) in [6.45, 7) is 3.67. The predicted octanol–water partition coefficient (Wildman–Crippen LogP) is 2.39. The van der Waals surface area contributed by atoms with Crippen molar-refractivity contribution in [3.8, 4) is 5.75 Å². The summed E-state index contributed by atoms with van der Waals surface area (Å²) >= 11 is 0. The van der Waals surface area contributed by atoms with Crippen molar-refractivity contribution in [2.75, 3.05) is 44.4 Å². The number of anilines is 1. The molecule has 2 aliphatic rings. The Morgan fingerprint density at radius 3 is 2.57 bits per heavy atom. The fourth-order valence-electron chi connectivity index (χ4n) is 3.52. The van der Waals surface area contributed by atoms with Crippen molar-refractivity contribution >= 4 is 15.7 Å². The van der Waals surface area contributed by atoms with Crippen LogP contribution in [0.1, 0.15) is 11.1 Å². The minimum Gasteiger partial charge on any atom is -0.492 e. The van der Waals surface area contributed by atoms with Gasteiger partial charge in [0.05, 0.1) is 19.0 Å². The number of sulfonamides is 1. The van der Waals surface area contributed by atoms with E-state index in [-0.39, 0.29) is 31.0 Å². The molecular formula is C20H23FN2O4S. The van der Waals surface area contributed by atoms with Crippen LogP contribution in [0, 0.1) is 5.82 Å². The van der Waals surface area contributed by atoms with E-state index in [4.69, 9.17) is 9.47 Å². The molecule has 4 rings (SSSR count). The number of morpholine rings is 1. The van der Waals surface area contributed by atoms with E-state index in [2.05, 4.69) is 4.90 Å². The molecule has 0 spiro atoms. The standard InChI is InChI=1S/C20H23FN2O4S/c21-19-4-2-1-3-16(19)15-28(24,25)23-9-12-27-20-6-5-18(13-17(20)14-23)22-7-10-26-11-8-22/h1-6,13H,7-12,14-15H2. The molecule has 0 atom stereocenters. The second-order valence-corrected chi connectivity index (χ2v) is 8.89. The van der Waals surface area contributed by atoms with Gasteiger partial charge in [-0.2, -0.15) is 4.31 Å². The number of hydrogen-bond acceptors (Lipinski definition) is 5. The normalized spacial score (nSPS) is 18.2. The fourth-order valence-corrected chi connectivity index (χ4v) is 5.01. The Morgan fingerprint density at radius 2 is 1.79 bits per heavy atom. The lowest BCUT2D eigenvalue weighted by Gasteiger charge is -2.29. The van der Waals surface area contributed by atoms with Crippen LogP contribution in [0.2, 0.25) is 0 Å². The minimum absolute atomic E-state index is 0.176. The first-order chi connectivity index (χ1) is 13.5. The van der Waals surface area contributed by atoms with E-state index in [1.165, 1.54) is 16.4 Å². The summed E-state index contributed by atoms with van der Waals surface area (Å²) in [6.07, 6.45) is 0. The summed E-state index contributed by atoms with van der Waals surface area (Å²) in [5.74, 6) is -0.175. The van der Waals surface area contributed by atoms with Crippen LogP contribution in [0.3, 0.4) is 0 Å². The molecule has 2 aliphatic heterocycles. The van der Waals surface area contributed by atoms with Crippen molar-refractivity contribution in [1.82, 2.24) is 4.31 Å². The zero-order valence-corrected chi connectivity index (χ0v) is 16.3. The predicted molar refractivity (Wildman–Crippen MR) is 104 cm³/mol. The first-order valence-corrected chi connectivity index (χ1v) is 10.9. The third-order valence-electron chi connectivity index (χ3n) is 5.05. The van der Waals surface area contributed by atoms with E-state index in [9.17, 15) is 12.8 Å². The van der Waals surface area contributed by atoms with Gasteiger partial charge in [0.2, 0.25) is 10.0 Å². The lowest BCUT2D eigenvalue weighted by molar-refractivity contribution is 0.122. The molecular weight excluding hydrogens is 383 g/mol. The highest BCUT2D eigenvalue weighted by atomic mass is 32.2. The van der Waals surface area contributed by atoms with Gasteiger partial charge in [-0.05, 0) is 24.3 Å². The Balaban J connectivity index is 1.57. The maximum absolute atomic E-state index is 13.9. The summed E-state index contributed by atoms with van der Waals surface area (Å²) < 4.78 is 52.4. The number of rotatable bonds is 4. The Labute approximate surface area is 164 Å². The second kappa shape index (κ2) is 8.06. The van der Waals surface area contributed by atoms with Crippen LogP contribution in [0.15, 0.2) is 42.5 Å². The fraction of sp³-hybridized carbons (Fsp3) is 0.400. The van der Waals surface area contributed by atoms with Gasteiger partial charge in [0.1, 0.15) is 18.2 Å². The van der Waals surface area contributed by atoms with Crippen molar-refractivity contribution in [2.45, 2.75) is 12.3 Å². The highest BCUT2D eigenvalue weighted by Gasteiger charge is 2.27. The van der Waals surface area contributed by atoms with Crippen molar-refractivity contribution < 1.29 is 22.3 Å². The third-order valence-corrected chi connectivity index (χ3v) is 6.83. The Morgan fingerprint density at radius 1 is 1.00 bits per heavy atom. The first kappa shape index (κ1) is 19.2. The number of ether oxygens (including phenoxy) is 2. The van der Waals surface area contributed by atoms with Crippen LogP contribution in [0.5, 0.6) is 5.75 Å². The molecule has 2 aromatic rings. The van der Waals surface area contributed by atoms with Crippen LogP contribution in [0.25, 0.3) is 0 Å². The maximum atomic E-state index is 13.9. The molecule has 0 N–H and O–H groups in total. The molecule has 0 unspecified atom stereocenters. The maximum Gasteiger partial charge on any atom is 0.218 e. The molecule has 2 aromatic carbocycles. The number of fused-ring (bicyclic) bond motifs is 1. The van der Waals surface area contributed by atoms with Gasteiger partial charge in [0.15, 0.2) is 0 Å². The average molecular weight is 406 g/mol. The molecule has 0 radical (unpaired) electrons. The molecule has 150 valence electrons. The van der Waals surface area contributed by atoms with Gasteiger partial charge in [-0.3, -0.25) is 0 Å². The summed E-state index contributed by atoms with van der Waals surface area (Å²) in [6, 6.07) is 11.8. The zero-order valence-electron chi connectivity index (χ0n) is 15.5. The smallest absolute Gasteiger partial charge is 0.218 e. The second-order valence-electron chi connectivity index (χ2n) is 6.92. The number of benzene rings is 2. The molecule has 0 amide bonds. The molecule has 0 bridgehead atoms. The van der Waals surface area contributed by atoms with Gasteiger partial charge in [0, 0.05) is 43.0 Å².